The van der Waals surface area contributed by atoms with Crippen molar-refractivity contribution in [2.24, 2.45) is 5.41 Å². The van der Waals surface area contributed by atoms with Crippen molar-refractivity contribution in [2.75, 3.05) is 26.3 Å². The zero-order valence-corrected chi connectivity index (χ0v) is 8.64. The summed E-state index contributed by atoms with van der Waals surface area (Å²) in [5.74, 6) is 0.201. The van der Waals surface area contributed by atoms with Gasteiger partial charge in [-0.1, -0.05) is 6.92 Å². The largest absolute Gasteiger partial charge is 0.377 e. The zero-order chi connectivity index (χ0) is 10.0. The van der Waals surface area contributed by atoms with Gasteiger partial charge in [0.05, 0.1) is 19.3 Å². The molecule has 4 nitrogen and oxygen atoms in total. The highest BCUT2D eigenvalue weighted by atomic mass is 16.5. The lowest BCUT2D eigenvalue weighted by Gasteiger charge is -2.36. The number of amides is 1. The van der Waals surface area contributed by atoms with Gasteiger partial charge >= 0.3 is 0 Å². The van der Waals surface area contributed by atoms with Gasteiger partial charge in [-0.05, 0) is 25.9 Å². The quantitative estimate of drug-likeness (QED) is 0.651. The number of rotatable bonds is 2. The Bertz CT molecular complexity index is 220. The van der Waals surface area contributed by atoms with Gasteiger partial charge in [0.1, 0.15) is 0 Å². The molecule has 0 radical (unpaired) electrons. The Hall–Kier alpha value is -0.610. The Kier molecular flexibility index (Phi) is 2.74. The maximum atomic E-state index is 11.9. The first kappa shape index (κ1) is 9.93. The van der Waals surface area contributed by atoms with Crippen LogP contribution in [0.5, 0.6) is 0 Å². The second-order valence-corrected chi connectivity index (χ2v) is 4.52. The van der Waals surface area contributed by atoms with Gasteiger partial charge in [-0.3, -0.25) is 4.79 Å². The lowest BCUT2D eigenvalue weighted by atomic mass is 9.80. The average Bonchev–Trinajstić information content (AvgIpc) is 2.12. The number of ether oxygens (including phenoxy) is 1. The van der Waals surface area contributed by atoms with E-state index in [-0.39, 0.29) is 17.4 Å². The highest BCUT2D eigenvalue weighted by Crippen LogP contribution is 2.28. The molecule has 0 aromatic carbocycles. The molecular formula is C10H18N2O2. The van der Waals surface area contributed by atoms with Crippen LogP contribution < -0.4 is 10.6 Å². The Morgan fingerprint density at radius 3 is 2.57 bits per heavy atom. The molecule has 0 aromatic rings. The van der Waals surface area contributed by atoms with Gasteiger partial charge < -0.3 is 15.4 Å². The fraction of sp³-hybridized carbons (Fsp3) is 0.900. The van der Waals surface area contributed by atoms with Gasteiger partial charge in [-0.15, -0.1) is 0 Å². The molecule has 0 saturated carbocycles. The van der Waals surface area contributed by atoms with Crippen LogP contribution in [0.3, 0.4) is 0 Å². The highest BCUT2D eigenvalue weighted by Gasteiger charge is 2.36. The molecule has 2 fully saturated rings. The van der Waals surface area contributed by atoms with Crippen LogP contribution in [0, 0.1) is 5.41 Å². The monoisotopic (exact) mass is 198 g/mol. The molecule has 2 saturated heterocycles. The van der Waals surface area contributed by atoms with Crippen LogP contribution in [-0.2, 0) is 9.53 Å². The topological polar surface area (TPSA) is 50.4 Å². The van der Waals surface area contributed by atoms with E-state index in [1.165, 1.54) is 0 Å². The predicted octanol–water partition coefficient (Wildman–Crippen LogP) is -0.109. The van der Waals surface area contributed by atoms with Gasteiger partial charge in [-0.25, -0.2) is 0 Å². The Morgan fingerprint density at radius 2 is 2.07 bits per heavy atom. The minimum Gasteiger partial charge on any atom is -0.377 e. The number of hydrogen-bond acceptors (Lipinski definition) is 3. The van der Waals surface area contributed by atoms with Gasteiger partial charge in [0.25, 0.3) is 0 Å². The summed E-state index contributed by atoms with van der Waals surface area (Å²) in [4.78, 5) is 11.9. The Labute approximate surface area is 84.4 Å². The summed E-state index contributed by atoms with van der Waals surface area (Å²) >= 11 is 0. The minimum absolute atomic E-state index is 0.166. The fourth-order valence-electron chi connectivity index (χ4n) is 1.88. The van der Waals surface area contributed by atoms with Crippen LogP contribution in [0.25, 0.3) is 0 Å². The van der Waals surface area contributed by atoms with E-state index in [4.69, 9.17) is 4.74 Å². The Balaban J connectivity index is 1.87. The van der Waals surface area contributed by atoms with Crippen molar-refractivity contribution in [3.05, 3.63) is 0 Å². The third kappa shape index (κ3) is 1.91. The molecule has 4 heteroatoms. The number of carbonyl (C=O) groups is 1. The molecule has 0 unspecified atom stereocenters. The summed E-state index contributed by atoms with van der Waals surface area (Å²) in [5, 5.41) is 6.31. The number of piperidine rings is 1. The van der Waals surface area contributed by atoms with Crippen molar-refractivity contribution in [2.45, 2.75) is 25.8 Å². The molecule has 14 heavy (non-hydrogen) atoms. The summed E-state index contributed by atoms with van der Waals surface area (Å²) in [6.45, 7) is 5.32. The van der Waals surface area contributed by atoms with Crippen molar-refractivity contribution in [1.82, 2.24) is 10.6 Å². The summed E-state index contributed by atoms with van der Waals surface area (Å²) in [6, 6.07) is 0.259. The Morgan fingerprint density at radius 1 is 1.43 bits per heavy atom. The van der Waals surface area contributed by atoms with E-state index in [1.807, 2.05) is 0 Å². The summed E-state index contributed by atoms with van der Waals surface area (Å²) in [6.07, 6.45) is 1.87. The number of carbonyl (C=O) groups excluding carboxylic acids is 1. The van der Waals surface area contributed by atoms with E-state index >= 15 is 0 Å². The van der Waals surface area contributed by atoms with Gasteiger partial charge in [0.15, 0.2) is 0 Å². The molecule has 2 aliphatic heterocycles. The third-order valence-corrected chi connectivity index (χ3v) is 3.23. The van der Waals surface area contributed by atoms with Crippen molar-refractivity contribution >= 4 is 5.91 Å². The molecule has 0 aliphatic carbocycles. The SMILES string of the molecule is CC1(C(=O)NC2COC2)CCNCC1. The maximum Gasteiger partial charge on any atom is 0.226 e. The van der Waals surface area contributed by atoms with Gasteiger partial charge in [0.2, 0.25) is 5.91 Å². The van der Waals surface area contributed by atoms with Crippen LogP contribution in [0.4, 0.5) is 0 Å². The van der Waals surface area contributed by atoms with E-state index in [1.54, 1.807) is 0 Å². The lowest BCUT2D eigenvalue weighted by molar-refractivity contribution is -0.135. The molecular weight excluding hydrogens is 180 g/mol. The first-order chi connectivity index (χ1) is 6.71. The second kappa shape index (κ2) is 3.87. The van der Waals surface area contributed by atoms with Crippen LogP contribution >= 0.6 is 0 Å². The molecule has 0 atom stereocenters. The van der Waals surface area contributed by atoms with Gasteiger partial charge in [-0.2, -0.15) is 0 Å². The zero-order valence-electron chi connectivity index (χ0n) is 8.64. The van der Waals surface area contributed by atoms with Crippen molar-refractivity contribution < 1.29 is 9.53 Å². The average molecular weight is 198 g/mol. The molecule has 0 spiro atoms. The van der Waals surface area contributed by atoms with Crippen molar-refractivity contribution in [1.29, 1.82) is 0 Å². The molecule has 2 N–H and O–H groups in total. The first-order valence-electron chi connectivity index (χ1n) is 5.30. The van der Waals surface area contributed by atoms with E-state index in [0.717, 1.165) is 25.9 Å². The van der Waals surface area contributed by atoms with E-state index in [9.17, 15) is 4.79 Å². The van der Waals surface area contributed by atoms with E-state index < -0.39 is 0 Å². The summed E-state index contributed by atoms with van der Waals surface area (Å²) < 4.78 is 5.03. The molecule has 0 bridgehead atoms. The van der Waals surface area contributed by atoms with Crippen LogP contribution in [0.1, 0.15) is 19.8 Å². The third-order valence-electron chi connectivity index (χ3n) is 3.23. The highest BCUT2D eigenvalue weighted by molar-refractivity contribution is 5.82. The molecule has 2 aliphatic rings. The molecule has 2 heterocycles. The van der Waals surface area contributed by atoms with Crippen molar-refractivity contribution in [3.8, 4) is 0 Å². The molecule has 80 valence electrons. The fourth-order valence-corrected chi connectivity index (χ4v) is 1.88. The number of nitrogens with one attached hydrogen (secondary N) is 2. The maximum absolute atomic E-state index is 11.9. The minimum atomic E-state index is -0.166. The number of hydrogen-bond donors (Lipinski definition) is 2. The second-order valence-electron chi connectivity index (χ2n) is 4.52. The van der Waals surface area contributed by atoms with E-state index in [2.05, 4.69) is 17.6 Å². The van der Waals surface area contributed by atoms with E-state index in [0.29, 0.717) is 13.2 Å². The van der Waals surface area contributed by atoms with Crippen molar-refractivity contribution in [3.63, 3.8) is 0 Å². The standard InChI is InChI=1S/C10H18N2O2/c1-10(2-4-11-5-3-10)9(13)12-8-6-14-7-8/h8,11H,2-7H2,1H3,(H,12,13). The van der Waals surface area contributed by atoms with Crippen LogP contribution in [0.2, 0.25) is 0 Å². The predicted molar refractivity (Wildman–Crippen MR) is 53.0 cm³/mol. The molecule has 2 rings (SSSR count). The lowest BCUT2D eigenvalue weighted by Crippen LogP contribution is -2.54. The smallest absolute Gasteiger partial charge is 0.226 e. The molecule has 0 aromatic heterocycles. The molecule has 1 amide bonds. The summed E-state index contributed by atoms with van der Waals surface area (Å²) in [5.41, 5.74) is -0.166. The normalized spacial score (nSPS) is 26.6. The van der Waals surface area contributed by atoms with Crippen LogP contribution in [0.15, 0.2) is 0 Å². The summed E-state index contributed by atoms with van der Waals surface area (Å²) in [7, 11) is 0. The van der Waals surface area contributed by atoms with Gasteiger partial charge in [0, 0.05) is 5.41 Å². The first-order valence-corrected chi connectivity index (χ1v) is 5.30. The van der Waals surface area contributed by atoms with Crippen LogP contribution in [-0.4, -0.2) is 38.3 Å².